The molecule has 20 heavy (non-hydrogen) atoms. The van der Waals surface area contributed by atoms with Crippen LogP contribution in [0.1, 0.15) is 33.9 Å². The van der Waals surface area contributed by atoms with Gasteiger partial charge in [-0.1, -0.05) is 18.2 Å². The molecule has 0 radical (unpaired) electrons. The Morgan fingerprint density at radius 3 is 2.75 bits per heavy atom. The van der Waals surface area contributed by atoms with Gasteiger partial charge in [-0.05, 0) is 36.6 Å². The van der Waals surface area contributed by atoms with E-state index < -0.39 is 0 Å². The average molecular weight is 270 g/mol. The van der Waals surface area contributed by atoms with Crippen LogP contribution in [0.5, 0.6) is 0 Å². The summed E-state index contributed by atoms with van der Waals surface area (Å²) in [6, 6.07) is 11.6. The highest BCUT2D eigenvalue weighted by molar-refractivity contribution is 5.96. The van der Waals surface area contributed by atoms with E-state index >= 15 is 0 Å². The summed E-state index contributed by atoms with van der Waals surface area (Å²) in [7, 11) is 0. The molecule has 0 aliphatic carbocycles. The van der Waals surface area contributed by atoms with Crippen molar-refractivity contribution in [3.63, 3.8) is 0 Å². The van der Waals surface area contributed by atoms with E-state index in [1.165, 1.54) is 0 Å². The summed E-state index contributed by atoms with van der Waals surface area (Å²) in [6.45, 7) is 1.65. The number of aryl methyl sites for hydroxylation is 1. The van der Waals surface area contributed by atoms with Crippen LogP contribution in [-0.4, -0.2) is 17.4 Å². The molecule has 0 spiro atoms. The predicted octanol–water partition coefficient (Wildman–Crippen LogP) is 2.33. The summed E-state index contributed by atoms with van der Waals surface area (Å²) < 4.78 is 5.59. The largest absolute Gasteiger partial charge is 0.463 e. The van der Waals surface area contributed by atoms with Crippen LogP contribution < -0.4 is 5.73 Å². The van der Waals surface area contributed by atoms with Crippen molar-refractivity contribution in [2.24, 2.45) is 5.73 Å². The van der Waals surface area contributed by atoms with Gasteiger partial charge in [0.15, 0.2) is 0 Å². The lowest BCUT2D eigenvalue weighted by atomic mass is 10.0. The molecule has 1 aliphatic heterocycles. The zero-order chi connectivity index (χ0) is 13.9. The second-order valence-corrected chi connectivity index (χ2v) is 5.06. The van der Waals surface area contributed by atoms with Gasteiger partial charge in [-0.2, -0.15) is 0 Å². The number of hydrogen-bond donors (Lipinski definition) is 1. The van der Waals surface area contributed by atoms with E-state index in [4.69, 9.17) is 10.2 Å². The van der Waals surface area contributed by atoms with Gasteiger partial charge >= 0.3 is 0 Å². The number of benzene rings is 1. The highest BCUT2D eigenvalue weighted by Gasteiger charge is 2.22. The monoisotopic (exact) mass is 270 g/mol. The van der Waals surface area contributed by atoms with Crippen LogP contribution in [0.2, 0.25) is 0 Å². The fourth-order valence-corrected chi connectivity index (χ4v) is 2.64. The molecule has 0 atom stereocenters. The Morgan fingerprint density at radius 2 is 1.95 bits per heavy atom. The number of fused-ring (bicyclic) bond motifs is 1. The van der Waals surface area contributed by atoms with Gasteiger partial charge in [-0.15, -0.1) is 0 Å². The van der Waals surface area contributed by atoms with Crippen LogP contribution >= 0.6 is 0 Å². The van der Waals surface area contributed by atoms with Gasteiger partial charge in [0, 0.05) is 12.1 Å². The summed E-state index contributed by atoms with van der Waals surface area (Å²) in [6.07, 6.45) is 1.93. The molecule has 104 valence electrons. The zero-order valence-electron chi connectivity index (χ0n) is 11.3. The van der Waals surface area contributed by atoms with Crippen molar-refractivity contribution in [2.75, 3.05) is 6.54 Å². The molecule has 0 saturated carbocycles. The van der Waals surface area contributed by atoms with Crippen LogP contribution in [0, 0.1) is 0 Å². The SMILES string of the molecule is NCc1ccc(CN2CCCc3ccccc3C2=O)o1. The van der Waals surface area contributed by atoms with Crippen LogP contribution in [0.3, 0.4) is 0 Å². The molecule has 2 aromatic rings. The van der Waals surface area contributed by atoms with Crippen molar-refractivity contribution in [3.8, 4) is 0 Å². The number of rotatable bonds is 3. The molecule has 1 aromatic heterocycles. The van der Waals surface area contributed by atoms with E-state index in [1.54, 1.807) is 0 Å². The van der Waals surface area contributed by atoms with Crippen molar-refractivity contribution < 1.29 is 9.21 Å². The predicted molar refractivity (Wildman–Crippen MR) is 76.1 cm³/mol. The van der Waals surface area contributed by atoms with Crippen molar-refractivity contribution >= 4 is 5.91 Å². The number of carbonyl (C=O) groups is 1. The van der Waals surface area contributed by atoms with E-state index in [2.05, 4.69) is 0 Å². The van der Waals surface area contributed by atoms with Gasteiger partial charge in [-0.25, -0.2) is 0 Å². The first kappa shape index (κ1) is 12.9. The molecule has 0 unspecified atom stereocenters. The summed E-state index contributed by atoms with van der Waals surface area (Å²) >= 11 is 0. The fraction of sp³-hybridized carbons (Fsp3) is 0.312. The van der Waals surface area contributed by atoms with E-state index in [9.17, 15) is 4.79 Å². The second kappa shape index (κ2) is 5.51. The highest BCUT2D eigenvalue weighted by atomic mass is 16.3. The normalized spacial score (nSPS) is 15.1. The minimum Gasteiger partial charge on any atom is -0.463 e. The van der Waals surface area contributed by atoms with Crippen LogP contribution in [0.25, 0.3) is 0 Å². The molecule has 3 rings (SSSR count). The molecule has 2 N–H and O–H groups in total. The Balaban J connectivity index is 1.82. The van der Waals surface area contributed by atoms with E-state index in [-0.39, 0.29) is 5.91 Å². The molecule has 1 amide bonds. The molecule has 0 saturated heterocycles. The first-order valence-electron chi connectivity index (χ1n) is 6.93. The maximum Gasteiger partial charge on any atom is 0.254 e. The molecule has 0 fully saturated rings. The first-order valence-corrected chi connectivity index (χ1v) is 6.93. The minimum absolute atomic E-state index is 0.0869. The number of hydrogen-bond acceptors (Lipinski definition) is 3. The van der Waals surface area contributed by atoms with Gasteiger partial charge in [0.1, 0.15) is 11.5 Å². The fourth-order valence-electron chi connectivity index (χ4n) is 2.64. The van der Waals surface area contributed by atoms with E-state index in [1.807, 2.05) is 41.3 Å². The van der Waals surface area contributed by atoms with E-state index in [0.29, 0.717) is 13.1 Å². The first-order chi connectivity index (χ1) is 9.78. The van der Waals surface area contributed by atoms with Crippen LogP contribution in [0.15, 0.2) is 40.8 Å². The molecule has 1 aliphatic rings. The van der Waals surface area contributed by atoms with Gasteiger partial charge in [0.05, 0.1) is 13.1 Å². The van der Waals surface area contributed by atoms with Gasteiger partial charge < -0.3 is 15.1 Å². The van der Waals surface area contributed by atoms with Crippen molar-refractivity contribution in [3.05, 3.63) is 59.0 Å². The van der Waals surface area contributed by atoms with Gasteiger partial charge in [-0.3, -0.25) is 4.79 Å². The lowest BCUT2D eigenvalue weighted by Crippen LogP contribution is -2.30. The summed E-state index contributed by atoms with van der Waals surface area (Å²) in [5.74, 6) is 1.63. The lowest BCUT2D eigenvalue weighted by Gasteiger charge is -2.19. The minimum atomic E-state index is 0.0869. The number of nitrogens with zero attached hydrogens (tertiary/aromatic N) is 1. The highest BCUT2D eigenvalue weighted by Crippen LogP contribution is 2.20. The van der Waals surface area contributed by atoms with Crippen molar-refractivity contribution in [1.29, 1.82) is 0 Å². The smallest absolute Gasteiger partial charge is 0.254 e. The number of amides is 1. The third-order valence-electron chi connectivity index (χ3n) is 3.67. The Bertz CT molecular complexity index is 618. The maximum atomic E-state index is 12.6. The molecule has 4 heteroatoms. The molecule has 0 bridgehead atoms. The van der Waals surface area contributed by atoms with Gasteiger partial charge in [0.2, 0.25) is 0 Å². The third-order valence-corrected chi connectivity index (χ3v) is 3.67. The zero-order valence-corrected chi connectivity index (χ0v) is 11.3. The Hall–Kier alpha value is -2.07. The quantitative estimate of drug-likeness (QED) is 0.931. The number of carbonyl (C=O) groups excluding carboxylic acids is 1. The van der Waals surface area contributed by atoms with Crippen molar-refractivity contribution in [2.45, 2.75) is 25.9 Å². The summed E-state index contributed by atoms with van der Waals surface area (Å²) in [5, 5.41) is 0. The topological polar surface area (TPSA) is 59.5 Å². The Labute approximate surface area is 118 Å². The maximum absolute atomic E-state index is 12.6. The van der Waals surface area contributed by atoms with Crippen LogP contribution in [-0.2, 0) is 19.5 Å². The van der Waals surface area contributed by atoms with Crippen LogP contribution in [0.4, 0.5) is 0 Å². The lowest BCUT2D eigenvalue weighted by molar-refractivity contribution is 0.0736. The summed E-state index contributed by atoms with van der Waals surface area (Å²) in [4.78, 5) is 14.4. The van der Waals surface area contributed by atoms with Crippen molar-refractivity contribution in [1.82, 2.24) is 4.90 Å². The average Bonchev–Trinajstić information content (AvgIpc) is 2.87. The number of furan rings is 1. The molecule has 4 nitrogen and oxygen atoms in total. The second-order valence-electron chi connectivity index (χ2n) is 5.06. The molecule has 2 heterocycles. The Kier molecular flexibility index (Phi) is 3.56. The Morgan fingerprint density at radius 1 is 1.15 bits per heavy atom. The standard InChI is InChI=1S/C16H18N2O2/c17-10-13-7-8-14(20-13)11-18-9-3-5-12-4-1-2-6-15(12)16(18)19/h1-2,4,6-8H,3,5,9-11,17H2. The van der Waals surface area contributed by atoms with E-state index in [0.717, 1.165) is 42.0 Å². The molecular formula is C16H18N2O2. The van der Waals surface area contributed by atoms with Gasteiger partial charge in [0.25, 0.3) is 5.91 Å². The summed E-state index contributed by atoms with van der Waals surface area (Å²) in [5.41, 5.74) is 7.49. The number of nitrogens with two attached hydrogens (primary N) is 1. The third kappa shape index (κ3) is 2.47. The molecule has 1 aromatic carbocycles. The molecular weight excluding hydrogens is 252 g/mol.